The lowest BCUT2D eigenvalue weighted by molar-refractivity contribution is 0.300. The first-order chi connectivity index (χ1) is 10.6. The summed E-state index contributed by atoms with van der Waals surface area (Å²) in [6, 6.07) is 15.4. The van der Waals surface area contributed by atoms with E-state index in [-0.39, 0.29) is 0 Å². The largest absolute Gasteiger partial charge is 0.489 e. The Labute approximate surface area is 128 Å². The zero-order valence-corrected chi connectivity index (χ0v) is 12.3. The van der Waals surface area contributed by atoms with Gasteiger partial charge in [0.2, 0.25) is 0 Å². The van der Waals surface area contributed by atoms with Crippen LogP contribution >= 0.6 is 0 Å². The lowest BCUT2D eigenvalue weighted by Gasteiger charge is -2.08. The maximum atomic E-state index is 11.3. The molecule has 0 saturated carbocycles. The topological polar surface area (TPSA) is 39.4 Å². The van der Waals surface area contributed by atoms with E-state index in [0.29, 0.717) is 18.1 Å². The number of aryl methyl sites for hydroxylation is 1. The van der Waals surface area contributed by atoms with Crippen LogP contribution in [0.3, 0.4) is 0 Å². The molecule has 0 spiro atoms. The monoisotopic (exact) mass is 292 g/mol. The van der Waals surface area contributed by atoms with Crippen LogP contribution in [0.4, 0.5) is 0 Å². The number of hydrogen-bond donors (Lipinski definition) is 0. The maximum Gasteiger partial charge on any atom is 0.339 e. The van der Waals surface area contributed by atoms with Crippen LogP contribution in [0.2, 0.25) is 0 Å². The molecule has 1 aromatic heterocycles. The molecule has 0 fully saturated rings. The average Bonchev–Trinajstić information content (AvgIpc) is 2.51. The second-order valence-electron chi connectivity index (χ2n) is 5.16. The summed E-state index contributed by atoms with van der Waals surface area (Å²) in [4.78, 5) is 11.3. The summed E-state index contributed by atoms with van der Waals surface area (Å²) >= 11 is 0. The highest BCUT2D eigenvalue weighted by molar-refractivity contribution is 5.85. The van der Waals surface area contributed by atoms with Gasteiger partial charge in [0.05, 0.1) is 6.07 Å². The second-order valence-corrected chi connectivity index (χ2v) is 5.16. The van der Waals surface area contributed by atoms with Gasteiger partial charge in [-0.1, -0.05) is 36.9 Å². The highest BCUT2D eigenvalue weighted by Crippen LogP contribution is 2.20. The smallest absolute Gasteiger partial charge is 0.339 e. The molecule has 3 rings (SSSR count). The molecule has 0 saturated heterocycles. The van der Waals surface area contributed by atoms with Gasteiger partial charge in [0, 0.05) is 6.07 Å². The van der Waals surface area contributed by atoms with E-state index in [1.165, 1.54) is 11.5 Å². The molecule has 3 nitrogen and oxygen atoms in total. The molecular formula is C19H16O3. The molecule has 0 unspecified atom stereocenters. The summed E-state index contributed by atoms with van der Waals surface area (Å²) in [6.45, 7) is 5.91. The number of ether oxygens (including phenoxy) is 1. The molecule has 0 aliphatic rings. The fraction of sp³-hybridized carbons (Fsp3) is 0.105. The van der Waals surface area contributed by atoms with Gasteiger partial charge in [-0.05, 0) is 41.0 Å². The standard InChI is InChI=1S/C19H16O3/c1-3-14-4-6-16-7-5-15(10-17(16)9-14)12-21-18-8-13(2)22-19(20)11-18/h3-11H,1,12H2,2H3. The van der Waals surface area contributed by atoms with Crippen molar-refractivity contribution in [1.29, 1.82) is 0 Å². The molecular weight excluding hydrogens is 276 g/mol. The Balaban J connectivity index is 1.84. The van der Waals surface area contributed by atoms with Gasteiger partial charge >= 0.3 is 5.63 Å². The van der Waals surface area contributed by atoms with Gasteiger partial charge in [-0.2, -0.15) is 0 Å². The van der Waals surface area contributed by atoms with Crippen LogP contribution in [0.1, 0.15) is 16.9 Å². The first-order valence-electron chi connectivity index (χ1n) is 7.04. The van der Waals surface area contributed by atoms with Crippen LogP contribution < -0.4 is 10.4 Å². The van der Waals surface area contributed by atoms with Crippen molar-refractivity contribution in [1.82, 2.24) is 0 Å². The average molecular weight is 292 g/mol. The third-order valence-electron chi connectivity index (χ3n) is 3.44. The number of fused-ring (bicyclic) bond motifs is 1. The van der Waals surface area contributed by atoms with Crippen molar-refractivity contribution in [3.05, 3.63) is 82.4 Å². The molecule has 1 heterocycles. The van der Waals surface area contributed by atoms with Gasteiger partial charge in [-0.25, -0.2) is 4.79 Å². The summed E-state index contributed by atoms with van der Waals surface area (Å²) in [5.41, 5.74) is 1.73. The van der Waals surface area contributed by atoms with Crippen molar-refractivity contribution in [2.45, 2.75) is 13.5 Å². The molecule has 0 bridgehead atoms. The molecule has 0 N–H and O–H groups in total. The lowest BCUT2D eigenvalue weighted by Crippen LogP contribution is -2.02. The third kappa shape index (κ3) is 3.09. The van der Waals surface area contributed by atoms with Crippen LogP contribution in [0.25, 0.3) is 16.8 Å². The van der Waals surface area contributed by atoms with Crippen LogP contribution in [0.15, 0.2) is 64.3 Å². The van der Waals surface area contributed by atoms with Crippen molar-refractivity contribution >= 4 is 16.8 Å². The minimum atomic E-state index is -0.399. The van der Waals surface area contributed by atoms with Crippen LogP contribution in [-0.4, -0.2) is 0 Å². The zero-order valence-electron chi connectivity index (χ0n) is 12.3. The molecule has 0 aliphatic heterocycles. The van der Waals surface area contributed by atoms with Crippen molar-refractivity contribution in [3.8, 4) is 5.75 Å². The summed E-state index contributed by atoms with van der Waals surface area (Å²) in [7, 11) is 0. The molecule has 0 aliphatic carbocycles. The molecule has 0 amide bonds. The van der Waals surface area contributed by atoms with Crippen molar-refractivity contribution in [2.75, 3.05) is 0 Å². The fourth-order valence-corrected chi connectivity index (χ4v) is 2.36. The van der Waals surface area contributed by atoms with Gasteiger partial charge in [-0.3, -0.25) is 0 Å². The first-order valence-corrected chi connectivity index (χ1v) is 7.04. The van der Waals surface area contributed by atoms with Crippen LogP contribution in [-0.2, 0) is 6.61 Å². The molecule has 22 heavy (non-hydrogen) atoms. The van der Waals surface area contributed by atoms with Gasteiger partial charge in [0.25, 0.3) is 0 Å². The van der Waals surface area contributed by atoms with E-state index >= 15 is 0 Å². The minimum absolute atomic E-state index is 0.399. The summed E-state index contributed by atoms with van der Waals surface area (Å²) in [5.74, 6) is 1.06. The maximum absolute atomic E-state index is 11.3. The van der Waals surface area contributed by atoms with E-state index in [2.05, 4.69) is 30.8 Å². The Morgan fingerprint density at radius 1 is 1.09 bits per heavy atom. The predicted molar refractivity (Wildman–Crippen MR) is 88.1 cm³/mol. The van der Waals surface area contributed by atoms with E-state index in [4.69, 9.17) is 9.15 Å². The Bertz CT molecular complexity index is 891. The van der Waals surface area contributed by atoms with E-state index < -0.39 is 5.63 Å². The molecule has 3 aromatic rings. The van der Waals surface area contributed by atoms with Crippen LogP contribution in [0, 0.1) is 6.92 Å². The number of benzene rings is 2. The number of hydrogen-bond acceptors (Lipinski definition) is 3. The Kier molecular flexibility index (Phi) is 3.79. The van der Waals surface area contributed by atoms with Crippen molar-refractivity contribution in [3.63, 3.8) is 0 Å². The third-order valence-corrected chi connectivity index (χ3v) is 3.44. The van der Waals surface area contributed by atoms with Crippen molar-refractivity contribution in [2.24, 2.45) is 0 Å². The Hall–Kier alpha value is -2.81. The predicted octanol–water partition coefficient (Wildman–Crippen LogP) is 4.32. The van der Waals surface area contributed by atoms with Gasteiger partial charge in [0.15, 0.2) is 0 Å². The highest BCUT2D eigenvalue weighted by Gasteiger charge is 2.02. The minimum Gasteiger partial charge on any atom is -0.489 e. The summed E-state index contributed by atoms with van der Waals surface area (Å²) < 4.78 is 10.6. The fourth-order valence-electron chi connectivity index (χ4n) is 2.36. The van der Waals surface area contributed by atoms with E-state index in [9.17, 15) is 4.79 Å². The van der Waals surface area contributed by atoms with Crippen molar-refractivity contribution < 1.29 is 9.15 Å². The lowest BCUT2D eigenvalue weighted by atomic mass is 10.0. The summed E-state index contributed by atoms with van der Waals surface area (Å²) in [5, 5.41) is 2.31. The highest BCUT2D eigenvalue weighted by atomic mass is 16.5. The molecule has 3 heteroatoms. The zero-order chi connectivity index (χ0) is 15.5. The van der Waals surface area contributed by atoms with E-state index in [0.717, 1.165) is 16.5 Å². The number of rotatable bonds is 4. The van der Waals surface area contributed by atoms with Gasteiger partial charge in [0.1, 0.15) is 18.1 Å². The Morgan fingerprint density at radius 2 is 1.91 bits per heavy atom. The molecule has 0 atom stereocenters. The SMILES string of the molecule is C=Cc1ccc2ccc(COc3cc(C)oc(=O)c3)cc2c1. The molecule has 0 radical (unpaired) electrons. The van der Waals surface area contributed by atoms with E-state index in [1.807, 2.05) is 18.2 Å². The van der Waals surface area contributed by atoms with Crippen LogP contribution in [0.5, 0.6) is 5.75 Å². The second kappa shape index (κ2) is 5.90. The normalized spacial score (nSPS) is 10.6. The van der Waals surface area contributed by atoms with E-state index in [1.54, 1.807) is 13.0 Å². The van der Waals surface area contributed by atoms with Gasteiger partial charge in [-0.15, -0.1) is 0 Å². The Morgan fingerprint density at radius 3 is 2.68 bits per heavy atom. The quantitative estimate of drug-likeness (QED) is 0.718. The summed E-state index contributed by atoms with van der Waals surface area (Å²) in [6.07, 6.45) is 1.83. The molecule has 110 valence electrons. The first kappa shape index (κ1) is 14.1. The van der Waals surface area contributed by atoms with Gasteiger partial charge < -0.3 is 9.15 Å². The molecule has 2 aromatic carbocycles.